The molecule has 0 fully saturated rings. The van der Waals surface area contributed by atoms with Crippen LogP contribution in [0.3, 0.4) is 0 Å². The van der Waals surface area contributed by atoms with Crippen LogP contribution in [0.4, 0.5) is 5.95 Å². The molecule has 2 N–H and O–H groups in total. The molecule has 6 rings (SSSR count). The first-order chi connectivity index (χ1) is 16.3. The standard InChI is InChI=1S/C26H19N5O2/c32-24(23-18-10-5-4-7-16(18)13-14-27-23)31-26-29-20-12-6-11-19(22(20)30-26)25-28-21(15-33-25)17-8-2-1-3-9-17/h1-14,21H,15H2,(H2,29,30,31,32). The molecule has 1 atom stereocenters. The molecule has 1 aliphatic heterocycles. The smallest absolute Gasteiger partial charge is 0.277 e. The van der Waals surface area contributed by atoms with E-state index in [4.69, 9.17) is 9.73 Å². The molecule has 5 aromatic rings. The lowest BCUT2D eigenvalue weighted by atomic mass is 10.1. The minimum atomic E-state index is -0.328. The predicted octanol–water partition coefficient (Wildman–Crippen LogP) is 4.88. The van der Waals surface area contributed by atoms with E-state index in [9.17, 15) is 4.79 Å². The van der Waals surface area contributed by atoms with Gasteiger partial charge in [-0.25, -0.2) is 9.98 Å². The van der Waals surface area contributed by atoms with E-state index in [1.165, 1.54) is 0 Å². The van der Waals surface area contributed by atoms with Crippen LogP contribution >= 0.6 is 0 Å². The summed E-state index contributed by atoms with van der Waals surface area (Å²) in [7, 11) is 0. The molecule has 7 nitrogen and oxygen atoms in total. The van der Waals surface area contributed by atoms with Crippen molar-refractivity contribution in [2.75, 3.05) is 11.9 Å². The molecule has 3 aromatic carbocycles. The summed E-state index contributed by atoms with van der Waals surface area (Å²) in [4.78, 5) is 29.8. The van der Waals surface area contributed by atoms with Gasteiger partial charge < -0.3 is 9.72 Å². The molecule has 160 valence electrons. The quantitative estimate of drug-likeness (QED) is 0.422. The number of ether oxygens (including phenoxy) is 1. The highest BCUT2D eigenvalue weighted by atomic mass is 16.5. The minimum Gasteiger partial charge on any atom is -0.475 e. The van der Waals surface area contributed by atoms with Crippen molar-refractivity contribution in [3.05, 3.63) is 102 Å². The number of pyridine rings is 1. The van der Waals surface area contributed by atoms with Crippen LogP contribution in [0.5, 0.6) is 0 Å². The van der Waals surface area contributed by atoms with Crippen molar-refractivity contribution in [3.8, 4) is 0 Å². The van der Waals surface area contributed by atoms with E-state index in [0.29, 0.717) is 29.7 Å². The molecule has 7 heteroatoms. The van der Waals surface area contributed by atoms with Crippen molar-refractivity contribution in [1.29, 1.82) is 0 Å². The number of rotatable bonds is 4. The van der Waals surface area contributed by atoms with Crippen LogP contribution in [0.25, 0.3) is 21.8 Å². The van der Waals surface area contributed by atoms with Gasteiger partial charge in [-0.15, -0.1) is 0 Å². The molecule has 0 saturated heterocycles. The molecule has 2 aromatic heterocycles. The molecule has 0 radical (unpaired) electrons. The number of benzene rings is 3. The van der Waals surface area contributed by atoms with E-state index in [1.807, 2.05) is 78.9 Å². The summed E-state index contributed by atoms with van der Waals surface area (Å²) in [5.74, 6) is 0.566. The Balaban J connectivity index is 1.32. The van der Waals surface area contributed by atoms with Gasteiger partial charge in [-0.3, -0.25) is 15.1 Å². The molecule has 3 heterocycles. The van der Waals surface area contributed by atoms with Gasteiger partial charge in [0, 0.05) is 11.6 Å². The third-order valence-electron chi connectivity index (χ3n) is 5.70. The number of nitrogens with one attached hydrogen (secondary N) is 2. The van der Waals surface area contributed by atoms with E-state index in [1.54, 1.807) is 6.20 Å². The van der Waals surface area contributed by atoms with Crippen molar-refractivity contribution in [2.45, 2.75) is 6.04 Å². The van der Waals surface area contributed by atoms with Crippen molar-refractivity contribution in [1.82, 2.24) is 15.0 Å². The second kappa shape index (κ2) is 7.87. The second-order valence-electron chi connectivity index (χ2n) is 7.79. The topological polar surface area (TPSA) is 92.3 Å². The molecule has 0 saturated carbocycles. The zero-order valence-corrected chi connectivity index (χ0v) is 17.5. The lowest BCUT2D eigenvalue weighted by molar-refractivity contribution is 0.102. The number of nitrogens with zero attached hydrogens (tertiary/aromatic N) is 3. The number of hydrogen-bond donors (Lipinski definition) is 2. The number of aliphatic imine (C=N–C) groups is 1. The van der Waals surface area contributed by atoms with Gasteiger partial charge in [-0.2, -0.15) is 0 Å². The van der Waals surface area contributed by atoms with Gasteiger partial charge in [0.15, 0.2) is 0 Å². The van der Waals surface area contributed by atoms with Crippen LogP contribution < -0.4 is 5.32 Å². The fraction of sp³-hybridized carbons (Fsp3) is 0.0769. The van der Waals surface area contributed by atoms with Gasteiger partial charge >= 0.3 is 0 Å². The molecule has 1 amide bonds. The highest BCUT2D eigenvalue weighted by Gasteiger charge is 2.24. The summed E-state index contributed by atoms with van der Waals surface area (Å²) < 4.78 is 5.92. The summed E-state index contributed by atoms with van der Waals surface area (Å²) in [6.45, 7) is 0.483. The number of imidazole rings is 1. The van der Waals surface area contributed by atoms with Crippen LogP contribution in [0.1, 0.15) is 27.7 Å². The van der Waals surface area contributed by atoms with Crippen LogP contribution in [-0.4, -0.2) is 33.4 Å². The molecule has 0 bridgehead atoms. The monoisotopic (exact) mass is 433 g/mol. The number of carbonyl (C=O) groups is 1. The lowest BCUT2D eigenvalue weighted by Crippen LogP contribution is -2.15. The van der Waals surface area contributed by atoms with E-state index < -0.39 is 0 Å². The van der Waals surface area contributed by atoms with Gasteiger partial charge in [-0.1, -0.05) is 60.7 Å². The van der Waals surface area contributed by atoms with Gasteiger partial charge in [0.25, 0.3) is 5.91 Å². The zero-order valence-electron chi connectivity index (χ0n) is 17.5. The highest BCUT2D eigenvalue weighted by Crippen LogP contribution is 2.28. The van der Waals surface area contributed by atoms with Crippen LogP contribution in [0, 0.1) is 0 Å². The molecule has 33 heavy (non-hydrogen) atoms. The van der Waals surface area contributed by atoms with E-state index in [0.717, 1.165) is 27.4 Å². The lowest BCUT2D eigenvalue weighted by Gasteiger charge is -2.05. The normalized spacial score (nSPS) is 15.4. The fourth-order valence-corrected chi connectivity index (χ4v) is 4.10. The summed E-state index contributed by atoms with van der Waals surface area (Å²) in [5.41, 5.74) is 3.71. The first-order valence-electron chi connectivity index (χ1n) is 10.7. The van der Waals surface area contributed by atoms with Crippen molar-refractivity contribution in [2.24, 2.45) is 4.99 Å². The Morgan fingerprint density at radius 1 is 0.970 bits per heavy atom. The first kappa shape index (κ1) is 19.2. The fourth-order valence-electron chi connectivity index (χ4n) is 4.10. The van der Waals surface area contributed by atoms with Crippen LogP contribution in [0.2, 0.25) is 0 Å². The Morgan fingerprint density at radius 2 is 1.82 bits per heavy atom. The van der Waals surface area contributed by atoms with E-state index in [-0.39, 0.29) is 11.9 Å². The Hall–Kier alpha value is -4.52. The van der Waals surface area contributed by atoms with Crippen molar-refractivity contribution in [3.63, 3.8) is 0 Å². The summed E-state index contributed by atoms with van der Waals surface area (Å²) in [5, 5.41) is 4.58. The number of anilines is 1. The molecule has 0 spiro atoms. The summed E-state index contributed by atoms with van der Waals surface area (Å²) >= 11 is 0. The van der Waals surface area contributed by atoms with Crippen molar-refractivity contribution >= 4 is 39.6 Å². The zero-order chi connectivity index (χ0) is 22.2. The maximum atomic E-state index is 13.0. The van der Waals surface area contributed by atoms with Crippen LogP contribution in [-0.2, 0) is 4.74 Å². The number of amides is 1. The van der Waals surface area contributed by atoms with E-state index >= 15 is 0 Å². The number of H-pyrrole nitrogens is 1. The maximum absolute atomic E-state index is 13.0. The average Bonchev–Trinajstić information content (AvgIpc) is 3.51. The van der Waals surface area contributed by atoms with Gasteiger partial charge in [0.2, 0.25) is 11.8 Å². The molecular weight excluding hydrogens is 414 g/mol. The third-order valence-corrected chi connectivity index (χ3v) is 5.70. The maximum Gasteiger partial charge on any atom is 0.277 e. The Labute approximate surface area is 189 Å². The van der Waals surface area contributed by atoms with Gasteiger partial charge in [0.05, 0.1) is 11.1 Å². The second-order valence-corrected chi connectivity index (χ2v) is 7.79. The molecule has 1 unspecified atom stereocenters. The number of aromatic amines is 1. The molecule has 1 aliphatic rings. The number of aromatic nitrogens is 3. The summed E-state index contributed by atoms with van der Waals surface area (Å²) in [6, 6.07) is 25.3. The largest absolute Gasteiger partial charge is 0.475 e. The molecular formula is C26H19N5O2. The number of carbonyl (C=O) groups excluding carboxylic acids is 1. The van der Waals surface area contributed by atoms with Crippen molar-refractivity contribution < 1.29 is 9.53 Å². The van der Waals surface area contributed by atoms with Gasteiger partial charge in [-0.05, 0) is 29.1 Å². The summed E-state index contributed by atoms with van der Waals surface area (Å²) in [6.07, 6.45) is 1.63. The predicted molar refractivity (Wildman–Crippen MR) is 127 cm³/mol. The molecule has 0 aliphatic carbocycles. The van der Waals surface area contributed by atoms with Gasteiger partial charge in [0.1, 0.15) is 23.9 Å². The third kappa shape index (κ3) is 3.49. The minimum absolute atomic E-state index is 0.0491. The average molecular weight is 433 g/mol. The first-order valence-corrected chi connectivity index (χ1v) is 10.7. The Kier molecular flexibility index (Phi) is 4.58. The van der Waals surface area contributed by atoms with Crippen LogP contribution in [0.15, 0.2) is 90.1 Å². The number of para-hydroxylation sites is 1. The SMILES string of the molecule is O=C(Nc1nc2c(C3=NC(c4ccccc4)CO3)cccc2[nH]1)c1nccc2ccccc12. The highest BCUT2D eigenvalue weighted by molar-refractivity contribution is 6.11. The van der Waals surface area contributed by atoms with E-state index in [2.05, 4.69) is 20.3 Å². The number of hydrogen-bond acceptors (Lipinski definition) is 5. The Morgan fingerprint density at radius 3 is 2.73 bits per heavy atom. The Bertz CT molecular complexity index is 1520. The number of fused-ring (bicyclic) bond motifs is 2.